The molecule has 20 heavy (non-hydrogen) atoms. The van der Waals surface area contributed by atoms with E-state index in [1.54, 1.807) is 17.5 Å². The summed E-state index contributed by atoms with van der Waals surface area (Å²) < 4.78 is 0. The van der Waals surface area contributed by atoms with Gasteiger partial charge in [0.05, 0.1) is 11.3 Å². The Kier molecular flexibility index (Phi) is 2.91. The summed E-state index contributed by atoms with van der Waals surface area (Å²) >= 11 is 1.78. The van der Waals surface area contributed by atoms with Gasteiger partial charge in [-0.3, -0.25) is 0 Å². The molecule has 2 aromatic heterocycles. The van der Waals surface area contributed by atoms with Crippen LogP contribution in [0.25, 0.3) is 10.6 Å². The van der Waals surface area contributed by atoms with Crippen molar-refractivity contribution in [3.05, 3.63) is 28.9 Å². The summed E-state index contributed by atoms with van der Waals surface area (Å²) in [5.74, 6) is 0.565. The van der Waals surface area contributed by atoms with Gasteiger partial charge in [0.2, 0.25) is 0 Å². The zero-order valence-corrected chi connectivity index (χ0v) is 13.3. The average Bonchev–Trinajstić information content (AvgIpc) is 2.71. The van der Waals surface area contributed by atoms with E-state index in [1.807, 2.05) is 12.1 Å². The molecule has 0 fully saturated rings. The zero-order chi connectivity index (χ0) is 14.5. The highest BCUT2D eigenvalue weighted by Gasteiger charge is 2.40. The van der Waals surface area contributed by atoms with Gasteiger partial charge in [0.1, 0.15) is 10.8 Å². The van der Waals surface area contributed by atoms with Gasteiger partial charge in [-0.15, -0.1) is 11.3 Å². The van der Waals surface area contributed by atoms with Gasteiger partial charge in [-0.25, -0.2) is 9.97 Å². The van der Waals surface area contributed by atoms with Gasteiger partial charge >= 0.3 is 0 Å². The molecule has 2 heterocycles. The molecule has 106 valence electrons. The van der Waals surface area contributed by atoms with Crippen LogP contribution >= 0.6 is 11.3 Å². The molecular weight excluding hydrogens is 266 g/mol. The highest BCUT2D eigenvalue weighted by Crippen LogP contribution is 2.49. The molecule has 1 aliphatic carbocycles. The van der Waals surface area contributed by atoms with Crippen molar-refractivity contribution in [2.24, 2.45) is 5.41 Å². The summed E-state index contributed by atoms with van der Waals surface area (Å²) in [6.45, 7) is 9.30. The Morgan fingerprint density at radius 2 is 2.00 bits per heavy atom. The number of aromatic nitrogens is 2. The number of thiazole rings is 1. The number of pyridine rings is 1. The maximum atomic E-state index is 5.99. The predicted molar refractivity (Wildman–Crippen MR) is 84.9 cm³/mol. The highest BCUT2D eigenvalue weighted by molar-refractivity contribution is 7.15. The van der Waals surface area contributed by atoms with Gasteiger partial charge in [0, 0.05) is 16.5 Å². The Morgan fingerprint density at radius 1 is 1.25 bits per heavy atom. The molecule has 2 N–H and O–H groups in total. The number of fused-ring (bicyclic) bond motifs is 1. The van der Waals surface area contributed by atoms with Crippen molar-refractivity contribution in [3.8, 4) is 10.6 Å². The smallest absolute Gasteiger partial charge is 0.133 e. The lowest BCUT2D eigenvalue weighted by Crippen LogP contribution is -2.33. The molecule has 0 radical (unpaired) electrons. The van der Waals surface area contributed by atoms with Crippen LogP contribution in [-0.4, -0.2) is 9.97 Å². The van der Waals surface area contributed by atoms with E-state index in [-0.39, 0.29) is 5.41 Å². The van der Waals surface area contributed by atoms with Gasteiger partial charge in [-0.05, 0) is 30.4 Å². The Bertz CT molecular complexity index is 655. The molecular formula is C16H21N3S. The normalized spacial score (nSPS) is 19.6. The summed E-state index contributed by atoms with van der Waals surface area (Å²) in [7, 11) is 0. The van der Waals surface area contributed by atoms with Crippen molar-refractivity contribution in [1.82, 2.24) is 9.97 Å². The molecule has 2 aromatic rings. The summed E-state index contributed by atoms with van der Waals surface area (Å²) in [4.78, 5) is 10.5. The van der Waals surface area contributed by atoms with E-state index in [9.17, 15) is 0 Å². The Labute approximate surface area is 124 Å². The third kappa shape index (κ3) is 2.22. The fourth-order valence-corrected chi connectivity index (χ4v) is 4.72. The van der Waals surface area contributed by atoms with Crippen molar-refractivity contribution < 1.29 is 0 Å². The second-order valence-corrected chi connectivity index (χ2v) is 8.13. The first-order valence-corrected chi connectivity index (χ1v) is 7.81. The molecule has 0 bridgehead atoms. The summed E-state index contributed by atoms with van der Waals surface area (Å²) in [6, 6.07) is 3.92. The first kappa shape index (κ1) is 13.6. The minimum atomic E-state index is 0.184. The zero-order valence-electron chi connectivity index (χ0n) is 12.5. The second-order valence-electron chi connectivity index (χ2n) is 7.13. The Morgan fingerprint density at radius 3 is 2.70 bits per heavy atom. The number of nitrogens with two attached hydrogens (primary N) is 1. The fraction of sp³-hybridized carbons (Fsp3) is 0.500. The Balaban J connectivity index is 2.12. The van der Waals surface area contributed by atoms with Crippen LogP contribution in [0.2, 0.25) is 0 Å². The molecule has 0 aliphatic heterocycles. The van der Waals surface area contributed by atoms with Gasteiger partial charge in [0.25, 0.3) is 0 Å². The van der Waals surface area contributed by atoms with Crippen LogP contribution in [0.1, 0.15) is 44.7 Å². The van der Waals surface area contributed by atoms with Crippen molar-refractivity contribution >= 4 is 17.2 Å². The first-order chi connectivity index (χ1) is 9.28. The van der Waals surface area contributed by atoms with Crippen LogP contribution in [0.15, 0.2) is 18.3 Å². The van der Waals surface area contributed by atoms with Gasteiger partial charge in [-0.1, -0.05) is 27.7 Å². The van der Waals surface area contributed by atoms with Crippen molar-refractivity contribution in [1.29, 1.82) is 0 Å². The van der Waals surface area contributed by atoms with Crippen molar-refractivity contribution in [3.63, 3.8) is 0 Å². The molecule has 4 heteroatoms. The third-order valence-corrected chi connectivity index (χ3v) is 5.44. The van der Waals surface area contributed by atoms with Crippen LogP contribution in [0, 0.1) is 5.41 Å². The summed E-state index contributed by atoms with van der Waals surface area (Å²) in [6.07, 6.45) is 3.96. The van der Waals surface area contributed by atoms with Gasteiger partial charge < -0.3 is 5.73 Å². The second kappa shape index (κ2) is 4.29. The standard InChI is InChI=1S/C16H21N3S/c1-15(2)8-11-12(16(3,4)9-15)20-14(19-11)10-6-5-7-18-13(10)17/h5-7H,8-9H2,1-4H3,(H2,17,18). The number of anilines is 1. The maximum Gasteiger partial charge on any atom is 0.133 e. The monoisotopic (exact) mass is 287 g/mol. The molecule has 0 atom stereocenters. The molecule has 0 spiro atoms. The maximum absolute atomic E-state index is 5.99. The average molecular weight is 287 g/mol. The molecule has 0 saturated carbocycles. The van der Waals surface area contributed by atoms with E-state index in [4.69, 9.17) is 10.7 Å². The molecule has 0 amide bonds. The summed E-state index contributed by atoms with van der Waals surface area (Å²) in [5.41, 5.74) is 8.68. The lowest BCUT2D eigenvalue weighted by atomic mass is 9.67. The third-order valence-electron chi connectivity index (χ3n) is 3.95. The number of hydrogen-bond acceptors (Lipinski definition) is 4. The first-order valence-electron chi connectivity index (χ1n) is 7.00. The molecule has 3 rings (SSSR count). The van der Waals surface area contributed by atoms with Gasteiger partial charge in [0.15, 0.2) is 0 Å². The van der Waals surface area contributed by atoms with Gasteiger partial charge in [-0.2, -0.15) is 0 Å². The highest BCUT2D eigenvalue weighted by atomic mass is 32.1. The van der Waals surface area contributed by atoms with E-state index in [0.717, 1.165) is 17.0 Å². The largest absolute Gasteiger partial charge is 0.383 e. The number of hydrogen-bond donors (Lipinski definition) is 1. The number of nitrogens with zero attached hydrogens (tertiary/aromatic N) is 2. The molecule has 3 nitrogen and oxygen atoms in total. The van der Waals surface area contributed by atoms with Crippen molar-refractivity contribution in [2.45, 2.75) is 46.0 Å². The van der Waals surface area contributed by atoms with Crippen LogP contribution in [0.5, 0.6) is 0 Å². The minimum Gasteiger partial charge on any atom is -0.383 e. The van der Waals surface area contributed by atoms with Crippen LogP contribution in [0.4, 0.5) is 5.82 Å². The summed E-state index contributed by atoms with van der Waals surface area (Å²) in [5, 5.41) is 1.01. The SMILES string of the molecule is CC1(C)Cc2nc(-c3cccnc3N)sc2C(C)(C)C1. The van der Waals surface area contributed by atoms with E-state index < -0.39 is 0 Å². The van der Waals surface area contributed by atoms with E-state index >= 15 is 0 Å². The molecule has 0 saturated heterocycles. The number of nitrogen functional groups attached to an aromatic ring is 1. The fourth-order valence-electron chi connectivity index (χ4n) is 3.51. The quantitative estimate of drug-likeness (QED) is 0.861. The number of rotatable bonds is 1. The van der Waals surface area contributed by atoms with Crippen LogP contribution < -0.4 is 5.73 Å². The molecule has 0 aromatic carbocycles. The van der Waals surface area contributed by atoms with E-state index in [0.29, 0.717) is 11.2 Å². The minimum absolute atomic E-state index is 0.184. The van der Waals surface area contributed by atoms with Crippen molar-refractivity contribution in [2.75, 3.05) is 5.73 Å². The van der Waals surface area contributed by atoms with Crippen LogP contribution in [-0.2, 0) is 11.8 Å². The van der Waals surface area contributed by atoms with E-state index in [2.05, 4.69) is 32.7 Å². The predicted octanol–water partition coefficient (Wildman–Crippen LogP) is 4.04. The lowest BCUT2D eigenvalue weighted by molar-refractivity contribution is 0.232. The van der Waals surface area contributed by atoms with Crippen LogP contribution in [0.3, 0.4) is 0 Å². The Hall–Kier alpha value is -1.42. The molecule has 1 aliphatic rings. The lowest BCUT2D eigenvalue weighted by Gasteiger charge is -2.39. The van der Waals surface area contributed by atoms with E-state index in [1.165, 1.54) is 17.0 Å². The topological polar surface area (TPSA) is 51.8 Å². The molecule has 0 unspecified atom stereocenters.